The van der Waals surface area contributed by atoms with Crippen LogP contribution in [0.25, 0.3) is 11.0 Å². The molecular formula is C26H24F3N4O5+. The minimum Gasteiger partial charge on any atom is -0.468 e. The van der Waals surface area contributed by atoms with E-state index in [4.69, 9.17) is 4.74 Å². The summed E-state index contributed by atoms with van der Waals surface area (Å²) in [6.45, 7) is 0. The minimum atomic E-state index is -4.60. The van der Waals surface area contributed by atoms with E-state index < -0.39 is 41.6 Å². The van der Waals surface area contributed by atoms with Crippen LogP contribution in [-0.2, 0) is 41.0 Å². The molecule has 1 aromatic heterocycles. The van der Waals surface area contributed by atoms with Crippen LogP contribution in [0, 0.1) is 5.92 Å². The first-order chi connectivity index (χ1) is 18.0. The smallest absolute Gasteiger partial charge is 0.468 e. The minimum absolute atomic E-state index is 0.0354. The number of hydrogen-bond acceptors (Lipinski definition) is 5. The van der Waals surface area contributed by atoms with Crippen molar-refractivity contribution >= 4 is 40.8 Å². The molecule has 2 atom stereocenters. The van der Waals surface area contributed by atoms with Crippen molar-refractivity contribution in [1.29, 1.82) is 0 Å². The van der Waals surface area contributed by atoms with Gasteiger partial charge in [-0.1, -0.05) is 12.1 Å². The van der Waals surface area contributed by atoms with Crippen molar-refractivity contribution < 1.29 is 36.9 Å². The van der Waals surface area contributed by atoms with Gasteiger partial charge in [-0.25, -0.2) is 9.59 Å². The number of hydrogen-bond donors (Lipinski definition) is 0. The van der Waals surface area contributed by atoms with Crippen molar-refractivity contribution in [2.45, 2.75) is 31.5 Å². The number of imide groups is 1. The molecule has 0 N–H and O–H groups in total. The Kier molecular flexibility index (Phi) is 6.00. The number of urea groups is 1. The maximum absolute atomic E-state index is 13.8. The van der Waals surface area contributed by atoms with Crippen LogP contribution in [0.4, 0.5) is 23.7 Å². The van der Waals surface area contributed by atoms with Gasteiger partial charge in [-0.3, -0.25) is 13.9 Å². The summed E-state index contributed by atoms with van der Waals surface area (Å²) in [6, 6.07) is 6.67. The largest absolute Gasteiger partial charge is 0.506 e. The van der Waals surface area contributed by atoms with Crippen LogP contribution in [0.1, 0.15) is 35.6 Å². The highest BCUT2D eigenvalue weighted by Crippen LogP contribution is 2.42. The van der Waals surface area contributed by atoms with Gasteiger partial charge in [-0.05, 0) is 43.0 Å². The van der Waals surface area contributed by atoms with Crippen LogP contribution in [0.15, 0.2) is 41.2 Å². The number of carbonyl (C=O) groups is 3. The number of halogens is 3. The number of aromatic nitrogens is 2. The Morgan fingerprint density at radius 3 is 2.45 bits per heavy atom. The molecule has 0 fully saturated rings. The molecule has 198 valence electrons. The number of ether oxygens (including phenoxy) is 1. The molecule has 2 aromatic carbocycles. The Balaban J connectivity index is 1.66. The first-order valence-electron chi connectivity index (χ1n) is 11.9. The Hall–Kier alpha value is -4.22. The van der Waals surface area contributed by atoms with Crippen molar-refractivity contribution in [2.75, 3.05) is 7.11 Å². The molecule has 0 radical (unpaired) electrons. The van der Waals surface area contributed by atoms with E-state index in [-0.39, 0.29) is 35.3 Å². The summed E-state index contributed by atoms with van der Waals surface area (Å²) < 4.78 is 50.0. The third-order valence-corrected chi connectivity index (χ3v) is 7.30. The highest BCUT2D eigenvalue weighted by atomic mass is 19.4. The van der Waals surface area contributed by atoms with Gasteiger partial charge in [0.25, 0.3) is 0 Å². The third kappa shape index (κ3) is 3.82. The number of fused-ring (bicyclic) bond motifs is 2. The van der Waals surface area contributed by atoms with E-state index in [1.807, 2.05) is 0 Å². The molecule has 9 nitrogen and oxygen atoms in total. The van der Waals surface area contributed by atoms with Gasteiger partial charge in [0.2, 0.25) is 5.92 Å². The summed E-state index contributed by atoms with van der Waals surface area (Å²) in [5.41, 5.74) is 0.549. The van der Waals surface area contributed by atoms with Crippen LogP contribution in [0.5, 0.6) is 0 Å². The average Bonchev–Trinajstić information content (AvgIpc) is 3.11. The average molecular weight is 529 g/mol. The number of imidazole rings is 1. The van der Waals surface area contributed by atoms with Gasteiger partial charge in [0.1, 0.15) is 17.9 Å². The Labute approximate surface area is 214 Å². The number of nitrogens with zero attached hydrogens (tertiary/aromatic N) is 4. The van der Waals surface area contributed by atoms with Crippen molar-refractivity contribution in [2.24, 2.45) is 20.0 Å². The second-order valence-corrected chi connectivity index (χ2v) is 9.36. The molecule has 2 heterocycles. The lowest BCUT2D eigenvalue weighted by atomic mass is 9.83. The number of alkyl halides is 3. The van der Waals surface area contributed by atoms with Crippen molar-refractivity contribution in [3.8, 4) is 0 Å². The number of aryl methyl sites for hydroxylation is 2. The number of rotatable bonds is 3. The molecular weight excluding hydrogens is 505 g/mol. The number of amides is 3. The van der Waals surface area contributed by atoms with Crippen molar-refractivity contribution in [1.82, 2.24) is 14.0 Å². The molecule has 0 saturated carbocycles. The van der Waals surface area contributed by atoms with Crippen molar-refractivity contribution in [3.63, 3.8) is 0 Å². The molecule has 1 aliphatic heterocycles. The first-order valence-corrected chi connectivity index (χ1v) is 11.9. The number of methoxy groups -OCH3 is 1. The lowest BCUT2D eigenvalue weighted by Gasteiger charge is -2.33. The second kappa shape index (κ2) is 8.96. The number of carbonyl (C=O) groups excluding carboxylic acids is 3. The van der Waals surface area contributed by atoms with Gasteiger partial charge >= 0.3 is 29.8 Å². The van der Waals surface area contributed by atoms with Gasteiger partial charge in [0.05, 0.1) is 23.7 Å². The molecule has 0 spiro atoms. The van der Waals surface area contributed by atoms with E-state index in [1.165, 1.54) is 21.3 Å². The van der Waals surface area contributed by atoms with Gasteiger partial charge in [-0.15, -0.1) is 0 Å². The summed E-state index contributed by atoms with van der Waals surface area (Å²) in [5, 5.41) is 0. The van der Waals surface area contributed by atoms with E-state index in [9.17, 15) is 32.3 Å². The van der Waals surface area contributed by atoms with Crippen LogP contribution in [0.3, 0.4) is 0 Å². The zero-order chi connectivity index (χ0) is 27.5. The van der Waals surface area contributed by atoms with E-state index >= 15 is 0 Å². The Bertz CT molecular complexity index is 1600. The summed E-state index contributed by atoms with van der Waals surface area (Å²) in [5.74, 6) is -3.28. The van der Waals surface area contributed by atoms with Crippen LogP contribution >= 0.6 is 0 Å². The van der Waals surface area contributed by atoms with Crippen LogP contribution in [0.2, 0.25) is 0 Å². The first kappa shape index (κ1) is 25.4. The fraction of sp³-hybridized carbons (Fsp3) is 0.346. The van der Waals surface area contributed by atoms with E-state index in [0.29, 0.717) is 17.5 Å². The topological polar surface area (TPSA) is 93.6 Å². The lowest BCUT2D eigenvalue weighted by molar-refractivity contribution is -0.346. The van der Waals surface area contributed by atoms with Gasteiger partial charge in [0.15, 0.2) is 0 Å². The van der Waals surface area contributed by atoms with Gasteiger partial charge in [-0.2, -0.15) is 27.4 Å². The second-order valence-electron chi connectivity index (χ2n) is 9.36. The predicted molar refractivity (Wildman–Crippen MR) is 129 cm³/mol. The summed E-state index contributed by atoms with van der Waals surface area (Å²) in [4.78, 5) is 53.2. The molecule has 5 rings (SSSR count). The molecule has 2 aliphatic rings. The zero-order valence-electron chi connectivity index (χ0n) is 20.8. The lowest BCUT2D eigenvalue weighted by Crippen LogP contribution is -2.54. The molecule has 38 heavy (non-hydrogen) atoms. The van der Waals surface area contributed by atoms with Crippen LogP contribution in [-0.4, -0.2) is 49.8 Å². The van der Waals surface area contributed by atoms with Gasteiger partial charge in [0, 0.05) is 25.7 Å². The fourth-order valence-corrected chi connectivity index (χ4v) is 5.41. The Morgan fingerprint density at radius 2 is 1.76 bits per heavy atom. The molecule has 0 bridgehead atoms. The van der Waals surface area contributed by atoms with Gasteiger partial charge < -0.3 is 4.74 Å². The molecule has 0 saturated heterocycles. The SMILES string of the molecule is COC(=O)C1C=[N+](c2ccc3c(c2)n(C)c(=O)n3C)C(=O)N([C@@H]2CCCc3c2cccc3C(F)(F)F)C1=O. The normalized spacial score (nSPS) is 19.9. The standard InChI is InChI=1S/C26H24F3N4O5/c1-30-20-11-10-14(12-21(20)31(2)24(30)36)32-13-17(23(35)38-3)22(34)33(25(32)37)19-9-5-6-15-16(19)7-4-8-18(15)26(27,28)29/h4,7-8,10-13,17,19H,5-6,9H2,1-3H3/q+1/t17?,19-/m1/s1. The highest BCUT2D eigenvalue weighted by Gasteiger charge is 2.52. The van der Waals surface area contributed by atoms with E-state index in [1.54, 1.807) is 32.3 Å². The summed E-state index contributed by atoms with van der Waals surface area (Å²) in [6.07, 6.45) is -2.76. The summed E-state index contributed by atoms with van der Waals surface area (Å²) in [7, 11) is 4.28. The van der Waals surface area contributed by atoms with E-state index in [2.05, 4.69) is 0 Å². The monoisotopic (exact) mass is 529 g/mol. The van der Waals surface area contributed by atoms with E-state index in [0.717, 1.165) is 28.9 Å². The summed E-state index contributed by atoms with van der Waals surface area (Å²) >= 11 is 0. The Morgan fingerprint density at radius 1 is 1.05 bits per heavy atom. The maximum atomic E-state index is 13.8. The number of benzene rings is 2. The highest BCUT2D eigenvalue weighted by molar-refractivity contribution is 6.16. The molecule has 1 unspecified atom stereocenters. The quantitative estimate of drug-likeness (QED) is 0.295. The molecule has 1 aliphatic carbocycles. The van der Waals surface area contributed by atoms with Crippen LogP contribution < -0.4 is 5.69 Å². The molecule has 12 heteroatoms. The predicted octanol–water partition coefficient (Wildman–Crippen LogP) is 3.44. The molecule has 3 amide bonds. The van der Waals surface area contributed by atoms with Crippen molar-refractivity contribution in [3.05, 3.63) is 63.6 Å². The zero-order valence-corrected chi connectivity index (χ0v) is 20.8. The number of esters is 1. The third-order valence-electron chi connectivity index (χ3n) is 7.30. The fourth-order valence-electron chi connectivity index (χ4n) is 5.41. The maximum Gasteiger partial charge on any atom is 0.506 e. The molecule has 3 aromatic rings.